The van der Waals surface area contributed by atoms with Gasteiger partial charge in [-0.3, -0.25) is 9.59 Å². The highest BCUT2D eigenvalue weighted by atomic mass is 79.9. The summed E-state index contributed by atoms with van der Waals surface area (Å²) in [4.78, 5) is 21.7. The first-order chi connectivity index (χ1) is 6.20. The van der Waals surface area contributed by atoms with Crippen LogP contribution in [0.2, 0.25) is 0 Å². The van der Waals surface area contributed by atoms with Crippen LogP contribution in [-0.4, -0.2) is 12.2 Å². The fraction of sp³-hybridized carbons (Fsp3) is 0.111. The Labute approximate surface area is 83.3 Å². The van der Waals surface area contributed by atoms with E-state index in [1.165, 1.54) is 0 Å². The maximum Gasteiger partial charge on any atom is 0.228 e. The Balaban J connectivity index is 2.62. The molecule has 0 bridgehead atoms. The minimum Gasteiger partial charge on any atom is -0.325 e. The van der Waals surface area contributed by atoms with Crippen LogP contribution in [0.3, 0.4) is 0 Å². The first-order valence-corrected chi connectivity index (χ1v) is 4.57. The van der Waals surface area contributed by atoms with Crippen LogP contribution >= 0.6 is 15.9 Å². The summed E-state index contributed by atoms with van der Waals surface area (Å²) in [5.74, 6) is -0.0591. The molecule has 1 aliphatic rings. The van der Waals surface area contributed by atoms with E-state index in [9.17, 15) is 9.59 Å². The van der Waals surface area contributed by atoms with E-state index in [-0.39, 0.29) is 5.91 Å². The van der Waals surface area contributed by atoms with Crippen LogP contribution < -0.4 is 5.32 Å². The molecule has 0 saturated heterocycles. The smallest absolute Gasteiger partial charge is 0.228 e. The predicted molar refractivity (Wildman–Crippen MR) is 51.9 cm³/mol. The summed E-state index contributed by atoms with van der Waals surface area (Å²) >= 11 is 3.28. The molecule has 1 N–H and O–H groups in total. The van der Waals surface area contributed by atoms with Gasteiger partial charge in [0.05, 0.1) is 12.1 Å². The van der Waals surface area contributed by atoms with Crippen LogP contribution in [0.5, 0.6) is 0 Å². The van der Waals surface area contributed by atoms with Crippen molar-refractivity contribution in [3.05, 3.63) is 27.7 Å². The van der Waals surface area contributed by atoms with Gasteiger partial charge in [0.2, 0.25) is 5.91 Å². The minimum absolute atomic E-state index is 0.0591. The first-order valence-electron chi connectivity index (χ1n) is 3.78. The summed E-state index contributed by atoms with van der Waals surface area (Å²) in [5.41, 5.74) is 2.06. The van der Waals surface area contributed by atoms with Crippen LogP contribution in [0.1, 0.15) is 15.9 Å². The highest BCUT2D eigenvalue weighted by Gasteiger charge is 2.20. The van der Waals surface area contributed by atoms with E-state index in [1.807, 2.05) is 6.07 Å². The molecule has 1 aromatic carbocycles. The first kappa shape index (κ1) is 8.44. The van der Waals surface area contributed by atoms with Gasteiger partial charge in [-0.1, -0.05) is 15.9 Å². The van der Waals surface area contributed by atoms with E-state index in [0.717, 1.165) is 16.3 Å². The molecule has 0 saturated carbocycles. The van der Waals surface area contributed by atoms with Gasteiger partial charge < -0.3 is 5.32 Å². The number of carbonyl (C=O) groups excluding carboxylic acids is 2. The lowest BCUT2D eigenvalue weighted by Crippen LogP contribution is -2.04. The van der Waals surface area contributed by atoms with Crippen molar-refractivity contribution < 1.29 is 9.59 Å². The summed E-state index contributed by atoms with van der Waals surface area (Å²) in [6.45, 7) is 0. The average molecular weight is 240 g/mol. The molecule has 0 fully saturated rings. The predicted octanol–water partition coefficient (Wildman–Crippen LogP) is 1.76. The normalized spacial score (nSPS) is 13.8. The molecule has 2 rings (SSSR count). The largest absolute Gasteiger partial charge is 0.325 e. The van der Waals surface area contributed by atoms with E-state index >= 15 is 0 Å². The van der Waals surface area contributed by atoms with E-state index < -0.39 is 0 Å². The van der Waals surface area contributed by atoms with Crippen molar-refractivity contribution in [3.63, 3.8) is 0 Å². The monoisotopic (exact) mass is 239 g/mol. The number of carbonyl (C=O) groups is 2. The maximum atomic E-state index is 11.0. The van der Waals surface area contributed by atoms with Gasteiger partial charge in [0.1, 0.15) is 0 Å². The van der Waals surface area contributed by atoms with Crippen molar-refractivity contribution >= 4 is 33.8 Å². The molecule has 1 amide bonds. The summed E-state index contributed by atoms with van der Waals surface area (Å²) in [5, 5.41) is 2.65. The highest BCUT2D eigenvalue weighted by Crippen LogP contribution is 2.29. The Bertz CT molecular complexity index is 401. The molecule has 0 atom stereocenters. The lowest BCUT2D eigenvalue weighted by atomic mass is 10.1. The Morgan fingerprint density at radius 2 is 2.23 bits per heavy atom. The molecular weight excluding hydrogens is 234 g/mol. The summed E-state index contributed by atoms with van der Waals surface area (Å²) < 4.78 is 0.824. The standard InChI is InChI=1S/C9H6BrNO2/c10-7-1-5-3-8(13)11-9(5)6(2-7)4-12/h1-2,4H,3H2,(H,11,13). The second-order valence-electron chi connectivity index (χ2n) is 2.87. The average Bonchev–Trinajstić information content (AvgIpc) is 2.43. The Morgan fingerprint density at radius 3 is 2.92 bits per heavy atom. The van der Waals surface area contributed by atoms with Gasteiger partial charge in [-0.25, -0.2) is 0 Å². The SMILES string of the molecule is O=Cc1cc(Br)cc2c1NC(=O)C2. The Kier molecular flexibility index (Phi) is 1.92. The van der Waals surface area contributed by atoms with Crippen LogP contribution in [0.25, 0.3) is 0 Å². The van der Waals surface area contributed by atoms with Gasteiger partial charge in [-0.15, -0.1) is 0 Å². The number of nitrogens with one attached hydrogen (secondary N) is 1. The lowest BCUT2D eigenvalue weighted by Gasteiger charge is -2.02. The second kappa shape index (κ2) is 2.96. The third-order valence-corrected chi connectivity index (χ3v) is 2.42. The third-order valence-electron chi connectivity index (χ3n) is 1.96. The van der Waals surface area contributed by atoms with Crippen molar-refractivity contribution in [2.75, 3.05) is 5.32 Å². The molecule has 1 heterocycles. The molecule has 66 valence electrons. The fourth-order valence-electron chi connectivity index (χ4n) is 1.43. The molecule has 4 heteroatoms. The molecule has 0 radical (unpaired) electrons. The van der Waals surface area contributed by atoms with E-state index in [0.29, 0.717) is 17.7 Å². The second-order valence-corrected chi connectivity index (χ2v) is 3.79. The molecule has 3 nitrogen and oxygen atoms in total. The molecule has 0 unspecified atom stereocenters. The van der Waals surface area contributed by atoms with Crippen LogP contribution in [-0.2, 0) is 11.2 Å². The zero-order valence-corrected chi connectivity index (χ0v) is 8.22. The van der Waals surface area contributed by atoms with Gasteiger partial charge in [0.15, 0.2) is 6.29 Å². The number of halogens is 1. The minimum atomic E-state index is -0.0591. The van der Waals surface area contributed by atoms with Gasteiger partial charge >= 0.3 is 0 Å². The molecule has 13 heavy (non-hydrogen) atoms. The Morgan fingerprint density at radius 1 is 1.46 bits per heavy atom. The summed E-state index contributed by atoms with van der Waals surface area (Å²) in [6.07, 6.45) is 1.10. The quantitative estimate of drug-likeness (QED) is 0.760. The Hall–Kier alpha value is -1.16. The molecule has 0 aliphatic carbocycles. The van der Waals surface area contributed by atoms with Gasteiger partial charge in [-0.2, -0.15) is 0 Å². The van der Waals surface area contributed by atoms with Crippen molar-refractivity contribution in [2.45, 2.75) is 6.42 Å². The molecular formula is C9H6BrNO2. The highest BCUT2D eigenvalue weighted by molar-refractivity contribution is 9.10. The van der Waals surface area contributed by atoms with Crippen LogP contribution in [0.4, 0.5) is 5.69 Å². The molecule has 1 aromatic rings. The number of aldehydes is 1. The number of hydrogen-bond donors (Lipinski definition) is 1. The zero-order chi connectivity index (χ0) is 9.42. The van der Waals surface area contributed by atoms with E-state index in [4.69, 9.17) is 0 Å². The molecule has 1 aliphatic heterocycles. The van der Waals surface area contributed by atoms with Gasteiger partial charge in [0, 0.05) is 10.0 Å². The fourth-order valence-corrected chi connectivity index (χ4v) is 1.95. The molecule has 0 spiro atoms. The van der Waals surface area contributed by atoms with Crippen molar-refractivity contribution in [1.29, 1.82) is 0 Å². The van der Waals surface area contributed by atoms with Crippen molar-refractivity contribution in [2.24, 2.45) is 0 Å². The maximum absolute atomic E-state index is 11.0. The number of amides is 1. The number of anilines is 1. The van der Waals surface area contributed by atoms with E-state index in [2.05, 4.69) is 21.2 Å². The number of hydrogen-bond acceptors (Lipinski definition) is 2. The lowest BCUT2D eigenvalue weighted by molar-refractivity contribution is -0.115. The van der Waals surface area contributed by atoms with Crippen LogP contribution in [0, 0.1) is 0 Å². The zero-order valence-electron chi connectivity index (χ0n) is 6.63. The number of rotatable bonds is 1. The van der Waals surface area contributed by atoms with Gasteiger partial charge in [0.25, 0.3) is 0 Å². The number of fused-ring (bicyclic) bond motifs is 1. The van der Waals surface area contributed by atoms with Crippen molar-refractivity contribution in [1.82, 2.24) is 0 Å². The van der Waals surface area contributed by atoms with Crippen LogP contribution in [0.15, 0.2) is 16.6 Å². The molecule has 0 aromatic heterocycles. The van der Waals surface area contributed by atoms with Crippen molar-refractivity contribution in [3.8, 4) is 0 Å². The van der Waals surface area contributed by atoms with Gasteiger partial charge in [-0.05, 0) is 17.7 Å². The topological polar surface area (TPSA) is 46.2 Å². The summed E-state index contributed by atoms with van der Waals surface area (Å²) in [7, 11) is 0. The number of benzene rings is 1. The third kappa shape index (κ3) is 1.37. The summed E-state index contributed by atoms with van der Waals surface area (Å²) in [6, 6.07) is 3.54. The van der Waals surface area contributed by atoms with E-state index in [1.54, 1.807) is 6.07 Å².